The predicted molar refractivity (Wildman–Crippen MR) is 137 cm³/mol. The van der Waals surface area contributed by atoms with Crippen molar-refractivity contribution in [1.29, 1.82) is 0 Å². The summed E-state index contributed by atoms with van der Waals surface area (Å²) in [6.07, 6.45) is 0. The molecule has 3 aromatic carbocycles. The van der Waals surface area contributed by atoms with Crippen molar-refractivity contribution in [2.75, 3.05) is 19.6 Å². The molecule has 2 atom stereocenters. The molecule has 0 saturated carbocycles. The van der Waals surface area contributed by atoms with Crippen LogP contribution in [0.3, 0.4) is 0 Å². The summed E-state index contributed by atoms with van der Waals surface area (Å²) in [4.78, 5) is 17.9. The lowest BCUT2D eigenvalue weighted by molar-refractivity contribution is 0.0668. The molecule has 1 heterocycles. The van der Waals surface area contributed by atoms with Crippen molar-refractivity contribution < 1.29 is 4.79 Å². The van der Waals surface area contributed by atoms with Crippen LogP contribution in [0.15, 0.2) is 78.9 Å². The average Bonchev–Trinajstić information content (AvgIpc) is 3.21. The quantitative estimate of drug-likeness (QED) is 0.406. The first-order valence-corrected chi connectivity index (χ1v) is 12.2. The van der Waals surface area contributed by atoms with Gasteiger partial charge in [-0.1, -0.05) is 72.3 Å². The van der Waals surface area contributed by atoms with Gasteiger partial charge in [-0.3, -0.25) is 9.69 Å². The number of nitrogens with zero attached hydrogens (tertiary/aromatic N) is 2. The molecule has 0 spiro atoms. The third kappa shape index (κ3) is 5.48. The van der Waals surface area contributed by atoms with Crippen LogP contribution in [0.2, 0.25) is 5.02 Å². The zero-order valence-corrected chi connectivity index (χ0v) is 20.5. The molecule has 1 amide bonds. The Morgan fingerprint density at radius 1 is 0.970 bits per heavy atom. The molecule has 0 unspecified atom stereocenters. The second-order valence-corrected chi connectivity index (χ2v) is 9.83. The maximum atomic E-state index is 13.4. The van der Waals surface area contributed by atoms with Crippen molar-refractivity contribution in [3.8, 4) is 0 Å². The summed E-state index contributed by atoms with van der Waals surface area (Å²) >= 11 is 6.47. The molecule has 3 nitrogen and oxygen atoms in total. The maximum absolute atomic E-state index is 13.4. The van der Waals surface area contributed by atoms with Crippen LogP contribution in [0.1, 0.15) is 46.8 Å². The lowest BCUT2D eigenvalue weighted by Crippen LogP contribution is -2.42. The Bertz CT molecular complexity index is 1080. The third-order valence-corrected chi connectivity index (χ3v) is 7.16. The number of benzene rings is 3. The number of halogens is 1. The zero-order chi connectivity index (χ0) is 23.4. The van der Waals surface area contributed by atoms with Crippen LogP contribution in [0, 0.1) is 12.8 Å². The molecule has 172 valence electrons. The van der Waals surface area contributed by atoms with Crippen molar-refractivity contribution in [2.24, 2.45) is 5.92 Å². The summed E-state index contributed by atoms with van der Waals surface area (Å²) in [5.41, 5.74) is 4.62. The van der Waals surface area contributed by atoms with E-state index in [0.29, 0.717) is 11.8 Å². The van der Waals surface area contributed by atoms with Crippen LogP contribution in [-0.2, 0) is 6.54 Å². The van der Waals surface area contributed by atoms with E-state index in [4.69, 9.17) is 11.6 Å². The molecular weight excluding hydrogens is 428 g/mol. The van der Waals surface area contributed by atoms with Gasteiger partial charge in [0.2, 0.25) is 0 Å². The van der Waals surface area contributed by atoms with Gasteiger partial charge in [0, 0.05) is 48.7 Å². The van der Waals surface area contributed by atoms with Crippen molar-refractivity contribution >= 4 is 17.5 Å². The highest BCUT2D eigenvalue weighted by Crippen LogP contribution is 2.36. The molecule has 33 heavy (non-hydrogen) atoms. The summed E-state index contributed by atoms with van der Waals surface area (Å²) in [6, 6.07) is 26.5. The minimum absolute atomic E-state index is 0.110. The van der Waals surface area contributed by atoms with Gasteiger partial charge in [0.1, 0.15) is 0 Å². The lowest BCUT2D eigenvalue weighted by Gasteiger charge is -2.32. The lowest BCUT2D eigenvalue weighted by atomic mass is 9.86. The average molecular weight is 461 g/mol. The van der Waals surface area contributed by atoms with Gasteiger partial charge in [-0.25, -0.2) is 0 Å². The summed E-state index contributed by atoms with van der Waals surface area (Å²) in [5.74, 6) is 0.834. The maximum Gasteiger partial charge on any atom is 0.254 e. The van der Waals surface area contributed by atoms with Crippen LogP contribution < -0.4 is 0 Å². The molecule has 1 saturated heterocycles. The molecule has 4 rings (SSSR count). The van der Waals surface area contributed by atoms with Crippen molar-refractivity contribution in [3.05, 3.63) is 106 Å². The fourth-order valence-corrected chi connectivity index (χ4v) is 5.22. The van der Waals surface area contributed by atoms with Gasteiger partial charge >= 0.3 is 0 Å². The molecule has 0 aliphatic carbocycles. The Morgan fingerprint density at radius 2 is 1.64 bits per heavy atom. The standard InChI is InChI=1S/C29H33ClN2O/c1-21(2)32(29(33)23-12-5-4-6-13-23)19-25-18-31(17-24-14-8-10-16-28(24)30)20-27(25)26-15-9-7-11-22(26)3/h4-16,21,25,27H,17-20H2,1-3H3/t25-,27-/m1/s1. The first kappa shape index (κ1) is 23.5. The van der Waals surface area contributed by atoms with E-state index in [2.05, 4.69) is 56.0 Å². The van der Waals surface area contributed by atoms with Crippen LogP contribution in [0.4, 0.5) is 0 Å². The van der Waals surface area contributed by atoms with Gasteiger partial charge in [-0.2, -0.15) is 0 Å². The van der Waals surface area contributed by atoms with Gasteiger partial charge in [0.15, 0.2) is 0 Å². The second-order valence-electron chi connectivity index (χ2n) is 9.43. The van der Waals surface area contributed by atoms with E-state index in [1.165, 1.54) is 11.1 Å². The molecule has 0 bridgehead atoms. The Balaban J connectivity index is 1.60. The van der Waals surface area contributed by atoms with Gasteiger partial charge in [-0.15, -0.1) is 0 Å². The molecular formula is C29H33ClN2O. The van der Waals surface area contributed by atoms with E-state index in [0.717, 1.165) is 42.3 Å². The Kier molecular flexibility index (Phi) is 7.52. The van der Waals surface area contributed by atoms with Gasteiger partial charge < -0.3 is 4.90 Å². The Labute approximate surface area is 203 Å². The van der Waals surface area contributed by atoms with Crippen LogP contribution >= 0.6 is 11.6 Å². The van der Waals surface area contributed by atoms with E-state index in [1.54, 1.807) is 0 Å². The van der Waals surface area contributed by atoms with E-state index in [1.807, 2.05) is 53.4 Å². The summed E-state index contributed by atoms with van der Waals surface area (Å²) in [5, 5.41) is 0.816. The Morgan fingerprint density at radius 3 is 2.33 bits per heavy atom. The number of amides is 1. The fraction of sp³-hybridized carbons (Fsp3) is 0.345. The molecule has 3 aromatic rings. The van der Waals surface area contributed by atoms with Crippen LogP contribution in [0.25, 0.3) is 0 Å². The summed E-state index contributed by atoms with van der Waals surface area (Å²) < 4.78 is 0. The highest BCUT2D eigenvalue weighted by atomic mass is 35.5. The van der Waals surface area contributed by atoms with Gasteiger partial charge in [-0.05, 0) is 61.6 Å². The molecule has 1 aliphatic heterocycles. The normalized spacial score (nSPS) is 18.6. The number of hydrogen-bond donors (Lipinski definition) is 0. The van der Waals surface area contributed by atoms with E-state index in [9.17, 15) is 4.79 Å². The molecule has 1 aliphatic rings. The van der Waals surface area contributed by atoms with Crippen molar-refractivity contribution in [3.63, 3.8) is 0 Å². The number of aryl methyl sites for hydroxylation is 1. The minimum Gasteiger partial charge on any atom is -0.336 e. The first-order valence-electron chi connectivity index (χ1n) is 11.8. The van der Waals surface area contributed by atoms with Crippen molar-refractivity contribution in [1.82, 2.24) is 9.80 Å². The van der Waals surface area contributed by atoms with Crippen molar-refractivity contribution in [2.45, 2.75) is 39.3 Å². The fourth-order valence-electron chi connectivity index (χ4n) is 5.02. The number of rotatable bonds is 7. The van der Waals surface area contributed by atoms with E-state index < -0.39 is 0 Å². The molecule has 1 fully saturated rings. The first-order chi connectivity index (χ1) is 15.9. The molecule has 0 N–H and O–H groups in total. The van der Waals surface area contributed by atoms with Gasteiger partial charge in [0.25, 0.3) is 5.91 Å². The smallest absolute Gasteiger partial charge is 0.254 e. The van der Waals surface area contributed by atoms with E-state index >= 15 is 0 Å². The van der Waals surface area contributed by atoms with Crippen LogP contribution in [-0.4, -0.2) is 41.4 Å². The summed E-state index contributed by atoms with van der Waals surface area (Å²) in [6.45, 7) is 9.89. The molecule has 0 radical (unpaired) electrons. The highest BCUT2D eigenvalue weighted by Gasteiger charge is 2.37. The molecule has 0 aromatic heterocycles. The minimum atomic E-state index is 0.110. The largest absolute Gasteiger partial charge is 0.336 e. The second kappa shape index (κ2) is 10.5. The van der Waals surface area contributed by atoms with E-state index in [-0.39, 0.29) is 11.9 Å². The highest BCUT2D eigenvalue weighted by molar-refractivity contribution is 6.31. The number of hydrogen-bond acceptors (Lipinski definition) is 2. The number of carbonyl (C=O) groups excluding carboxylic acids is 1. The number of likely N-dealkylation sites (tertiary alicyclic amines) is 1. The summed E-state index contributed by atoms with van der Waals surface area (Å²) in [7, 11) is 0. The predicted octanol–water partition coefficient (Wildman–Crippen LogP) is 6.41. The SMILES string of the molecule is Cc1ccccc1[C@@H]1CN(Cc2ccccc2Cl)C[C@@H]1CN(C(=O)c1ccccc1)C(C)C. The zero-order valence-electron chi connectivity index (χ0n) is 19.7. The molecule has 4 heteroatoms. The Hall–Kier alpha value is -2.62. The van der Waals surface area contributed by atoms with Gasteiger partial charge in [0.05, 0.1) is 0 Å². The monoisotopic (exact) mass is 460 g/mol. The third-order valence-electron chi connectivity index (χ3n) is 6.79. The van der Waals surface area contributed by atoms with Crippen LogP contribution in [0.5, 0.6) is 0 Å². The topological polar surface area (TPSA) is 23.6 Å². The number of carbonyl (C=O) groups is 1.